The molecule has 6 nitrogen and oxygen atoms in total. The number of benzene rings is 1. The molecule has 1 aromatic carbocycles. The van der Waals surface area contributed by atoms with Gasteiger partial charge in [-0.1, -0.05) is 18.2 Å². The van der Waals surface area contributed by atoms with Crippen molar-refractivity contribution in [3.8, 4) is 0 Å². The maximum atomic E-state index is 12.6. The summed E-state index contributed by atoms with van der Waals surface area (Å²) in [6.07, 6.45) is -0.0869. The molecule has 0 radical (unpaired) electrons. The minimum absolute atomic E-state index is 0.0682. The van der Waals surface area contributed by atoms with Crippen molar-refractivity contribution >= 4 is 23.5 Å². The normalized spacial score (nSPS) is 19.2. The maximum Gasteiger partial charge on any atom is 0.336 e. The van der Waals surface area contributed by atoms with Crippen molar-refractivity contribution in [1.29, 1.82) is 0 Å². The molecular weight excluding hydrogens is 284 g/mol. The Labute approximate surface area is 128 Å². The molecule has 0 aliphatic carbocycles. The summed E-state index contributed by atoms with van der Waals surface area (Å²) in [5.74, 6) is -2.35. The fourth-order valence-electron chi connectivity index (χ4n) is 2.49. The quantitative estimate of drug-likeness (QED) is 0.515. The first kappa shape index (κ1) is 15.8. The number of ether oxygens (including phenoxy) is 1. The van der Waals surface area contributed by atoms with E-state index in [0.29, 0.717) is 5.69 Å². The SMILES string of the molecule is CCOC(=O)/C(=C(/C)N)[C@H]1CC(=O)N(c2ccccc2)C1=O. The minimum Gasteiger partial charge on any atom is -0.463 e. The van der Waals surface area contributed by atoms with Gasteiger partial charge in [0.05, 0.1) is 23.8 Å². The lowest BCUT2D eigenvalue weighted by atomic mass is 9.95. The van der Waals surface area contributed by atoms with Gasteiger partial charge < -0.3 is 10.5 Å². The van der Waals surface area contributed by atoms with E-state index in [4.69, 9.17) is 10.5 Å². The second-order valence-corrected chi connectivity index (χ2v) is 4.98. The third-order valence-electron chi connectivity index (χ3n) is 3.43. The van der Waals surface area contributed by atoms with Gasteiger partial charge in [0.2, 0.25) is 11.8 Å². The van der Waals surface area contributed by atoms with Crippen LogP contribution in [0.25, 0.3) is 0 Å². The van der Waals surface area contributed by atoms with Crippen LogP contribution in [0.4, 0.5) is 5.69 Å². The van der Waals surface area contributed by atoms with Gasteiger partial charge >= 0.3 is 5.97 Å². The molecule has 2 amide bonds. The second-order valence-electron chi connectivity index (χ2n) is 4.98. The lowest BCUT2D eigenvalue weighted by Gasteiger charge is -2.16. The largest absolute Gasteiger partial charge is 0.463 e. The van der Waals surface area contributed by atoms with Crippen LogP contribution in [-0.2, 0) is 19.1 Å². The number of allylic oxidation sites excluding steroid dienone is 1. The molecule has 0 saturated carbocycles. The lowest BCUT2D eigenvalue weighted by Crippen LogP contribution is -2.32. The first-order valence-electron chi connectivity index (χ1n) is 7.02. The van der Waals surface area contributed by atoms with Crippen LogP contribution in [0.1, 0.15) is 20.3 Å². The number of anilines is 1. The van der Waals surface area contributed by atoms with Crippen LogP contribution < -0.4 is 10.6 Å². The molecule has 1 aliphatic heterocycles. The highest BCUT2D eigenvalue weighted by atomic mass is 16.5. The Morgan fingerprint density at radius 3 is 2.50 bits per heavy atom. The summed E-state index contributed by atoms with van der Waals surface area (Å²) in [6, 6.07) is 8.60. The number of imide groups is 1. The Balaban J connectivity index is 2.35. The van der Waals surface area contributed by atoms with E-state index in [9.17, 15) is 14.4 Å². The van der Waals surface area contributed by atoms with E-state index in [1.807, 2.05) is 0 Å². The van der Waals surface area contributed by atoms with Gasteiger partial charge in [0.15, 0.2) is 0 Å². The molecule has 22 heavy (non-hydrogen) atoms. The molecule has 1 aromatic rings. The minimum atomic E-state index is -0.892. The third kappa shape index (κ3) is 2.86. The van der Waals surface area contributed by atoms with Crippen molar-refractivity contribution in [3.63, 3.8) is 0 Å². The van der Waals surface area contributed by atoms with E-state index in [0.717, 1.165) is 4.90 Å². The molecule has 1 fully saturated rings. The number of para-hydroxylation sites is 1. The number of nitrogens with two attached hydrogens (primary N) is 1. The van der Waals surface area contributed by atoms with Gasteiger partial charge in [0, 0.05) is 12.1 Å². The first-order valence-corrected chi connectivity index (χ1v) is 7.02. The fraction of sp³-hybridized carbons (Fsp3) is 0.312. The summed E-state index contributed by atoms with van der Waals surface area (Å²) < 4.78 is 4.94. The molecule has 2 N–H and O–H groups in total. The van der Waals surface area contributed by atoms with E-state index in [-0.39, 0.29) is 30.2 Å². The Morgan fingerprint density at radius 1 is 1.32 bits per heavy atom. The van der Waals surface area contributed by atoms with Crippen molar-refractivity contribution in [3.05, 3.63) is 41.6 Å². The van der Waals surface area contributed by atoms with Gasteiger partial charge in [-0.15, -0.1) is 0 Å². The molecule has 2 rings (SSSR count). The van der Waals surface area contributed by atoms with Gasteiger partial charge in [0.25, 0.3) is 0 Å². The smallest absolute Gasteiger partial charge is 0.336 e. The summed E-state index contributed by atoms with van der Waals surface area (Å²) in [5.41, 5.74) is 6.48. The zero-order valence-corrected chi connectivity index (χ0v) is 12.5. The molecule has 1 saturated heterocycles. The molecule has 0 aromatic heterocycles. The Bertz CT molecular complexity index is 633. The van der Waals surface area contributed by atoms with Crippen molar-refractivity contribution in [2.45, 2.75) is 20.3 Å². The zero-order valence-electron chi connectivity index (χ0n) is 12.5. The van der Waals surface area contributed by atoms with E-state index in [1.54, 1.807) is 37.3 Å². The summed E-state index contributed by atoms with van der Waals surface area (Å²) in [5, 5.41) is 0. The number of hydrogen-bond acceptors (Lipinski definition) is 5. The number of carbonyl (C=O) groups is 3. The van der Waals surface area contributed by atoms with Crippen LogP contribution >= 0.6 is 0 Å². The number of esters is 1. The second kappa shape index (κ2) is 6.43. The zero-order chi connectivity index (χ0) is 16.3. The number of hydrogen-bond donors (Lipinski definition) is 1. The summed E-state index contributed by atoms with van der Waals surface area (Å²) in [4.78, 5) is 37.9. The summed E-state index contributed by atoms with van der Waals surface area (Å²) in [6.45, 7) is 3.36. The standard InChI is InChI=1S/C16H18N2O4/c1-3-22-16(21)14(10(2)17)12-9-13(19)18(15(12)20)11-7-5-4-6-8-11/h4-8,12H,3,9,17H2,1-2H3/b14-10-/t12-/m1/s1. The Kier molecular flexibility index (Phi) is 4.60. The highest BCUT2D eigenvalue weighted by molar-refractivity contribution is 6.23. The first-order chi connectivity index (χ1) is 10.5. The number of amides is 2. The topological polar surface area (TPSA) is 89.7 Å². The van der Waals surface area contributed by atoms with E-state index >= 15 is 0 Å². The maximum absolute atomic E-state index is 12.6. The van der Waals surface area contributed by atoms with Crippen LogP contribution in [0.15, 0.2) is 41.6 Å². The molecule has 116 valence electrons. The average Bonchev–Trinajstić information content (AvgIpc) is 2.75. The van der Waals surface area contributed by atoms with Crippen LogP contribution in [0, 0.1) is 5.92 Å². The fourth-order valence-corrected chi connectivity index (χ4v) is 2.49. The highest BCUT2D eigenvalue weighted by Gasteiger charge is 2.44. The Morgan fingerprint density at radius 2 is 1.95 bits per heavy atom. The van der Waals surface area contributed by atoms with Gasteiger partial charge in [-0.05, 0) is 26.0 Å². The van der Waals surface area contributed by atoms with Crippen molar-refractivity contribution in [2.24, 2.45) is 11.7 Å². The van der Waals surface area contributed by atoms with E-state index < -0.39 is 17.8 Å². The predicted octanol–water partition coefficient (Wildman–Crippen LogP) is 1.36. The van der Waals surface area contributed by atoms with Crippen LogP contribution in [0.3, 0.4) is 0 Å². The number of nitrogens with zero attached hydrogens (tertiary/aromatic N) is 1. The van der Waals surface area contributed by atoms with Crippen LogP contribution in [0.5, 0.6) is 0 Å². The number of carbonyl (C=O) groups excluding carboxylic acids is 3. The molecule has 0 spiro atoms. The average molecular weight is 302 g/mol. The van der Waals surface area contributed by atoms with Crippen molar-refractivity contribution in [2.75, 3.05) is 11.5 Å². The summed E-state index contributed by atoms with van der Waals surface area (Å²) in [7, 11) is 0. The van der Waals surface area contributed by atoms with E-state index in [2.05, 4.69) is 0 Å². The molecule has 0 bridgehead atoms. The molecule has 6 heteroatoms. The van der Waals surface area contributed by atoms with Gasteiger partial charge in [-0.2, -0.15) is 0 Å². The third-order valence-corrected chi connectivity index (χ3v) is 3.43. The van der Waals surface area contributed by atoms with Gasteiger partial charge in [-0.3, -0.25) is 14.5 Å². The molecule has 0 unspecified atom stereocenters. The van der Waals surface area contributed by atoms with Crippen molar-refractivity contribution in [1.82, 2.24) is 0 Å². The molecule has 1 atom stereocenters. The monoisotopic (exact) mass is 302 g/mol. The highest BCUT2D eigenvalue weighted by Crippen LogP contribution is 2.32. The molecule has 1 heterocycles. The molecule has 1 aliphatic rings. The predicted molar refractivity (Wildman–Crippen MR) is 80.6 cm³/mol. The number of rotatable bonds is 4. The van der Waals surface area contributed by atoms with Gasteiger partial charge in [0.1, 0.15) is 0 Å². The van der Waals surface area contributed by atoms with Crippen LogP contribution in [0.2, 0.25) is 0 Å². The molecular formula is C16H18N2O4. The van der Waals surface area contributed by atoms with Crippen molar-refractivity contribution < 1.29 is 19.1 Å². The van der Waals surface area contributed by atoms with Crippen LogP contribution in [-0.4, -0.2) is 24.4 Å². The van der Waals surface area contributed by atoms with E-state index in [1.165, 1.54) is 6.92 Å². The lowest BCUT2D eigenvalue weighted by molar-refractivity contribution is -0.140. The summed E-state index contributed by atoms with van der Waals surface area (Å²) >= 11 is 0. The Hall–Kier alpha value is -2.63. The van der Waals surface area contributed by atoms with Gasteiger partial charge in [-0.25, -0.2) is 4.79 Å².